The lowest BCUT2D eigenvalue weighted by molar-refractivity contribution is 0.464. The molecule has 1 aromatic carbocycles. The zero-order chi connectivity index (χ0) is 15.6. The molecule has 0 unspecified atom stereocenters. The summed E-state index contributed by atoms with van der Waals surface area (Å²) in [5.41, 5.74) is 2.97. The van der Waals surface area contributed by atoms with Crippen LogP contribution in [0.3, 0.4) is 0 Å². The van der Waals surface area contributed by atoms with Gasteiger partial charge in [0.05, 0.1) is 11.4 Å². The van der Waals surface area contributed by atoms with Gasteiger partial charge in [-0.2, -0.15) is 0 Å². The molecule has 0 radical (unpaired) electrons. The van der Waals surface area contributed by atoms with Gasteiger partial charge in [-0.3, -0.25) is 4.98 Å². The molecule has 1 aromatic heterocycles. The summed E-state index contributed by atoms with van der Waals surface area (Å²) in [4.78, 5) is 4.52. The number of nitrogens with zero attached hydrogens (tertiary/aromatic N) is 1. The average molecular weight is 306 g/mol. The summed E-state index contributed by atoms with van der Waals surface area (Å²) in [6.07, 6.45) is 1.18. The molecule has 2 N–H and O–H groups in total. The predicted octanol–water partition coefficient (Wildman–Crippen LogP) is 2.42. The Balaban J connectivity index is 2.26. The van der Waals surface area contributed by atoms with Gasteiger partial charge in [-0.05, 0) is 43.7 Å². The van der Waals surface area contributed by atoms with E-state index in [2.05, 4.69) is 10.3 Å². The Kier molecular flexibility index (Phi) is 4.18. The lowest BCUT2D eigenvalue weighted by Gasteiger charge is -2.12. The lowest BCUT2D eigenvalue weighted by atomic mass is 10.2. The summed E-state index contributed by atoms with van der Waals surface area (Å²) in [6.45, 7) is 4.05. The van der Waals surface area contributed by atoms with Crippen LogP contribution >= 0.6 is 0 Å². The predicted molar refractivity (Wildman–Crippen MR) is 82.3 cm³/mol. The summed E-state index contributed by atoms with van der Waals surface area (Å²) >= 11 is 0. The number of pyridine rings is 1. The van der Waals surface area contributed by atoms with Gasteiger partial charge in [0, 0.05) is 17.6 Å². The first kappa shape index (κ1) is 15.3. The minimum Gasteiger partial charge on any atom is -0.506 e. The van der Waals surface area contributed by atoms with Gasteiger partial charge in [0.15, 0.2) is 9.84 Å². The van der Waals surface area contributed by atoms with E-state index in [1.165, 1.54) is 6.26 Å². The number of anilines is 1. The van der Waals surface area contributed by atoms with E-state index in [4.69, 9.17) is 0 Å². The molecule has 0 aliphatic carbocycles. The number of hydrogen-bond donors (Lipinski definition) is 2. The standard InChI is InChI=1S/C15H18N2O3S/c1-10-4-6-12(21(3,19)20)8-13(10)16-9-14-15(18)7-5-11(2)17-14/h4-8,16,18H,9H2,1-3H3. The SMILES string of the molecule is Cc1ccc(O)c(CNc2cc(S(C)(=O)=O)ccc2C)n1. The van der Waals surface area contributed by atoms with Crippen molar-refractivity contribution in [1.29, 1.82) is 0 Å². The Hall–Kier alpha value is -2.08. The molecule has 112 valence electrons. The zero-order valence-electron chi connectivity index (χ0n) is 12.2. The molecule has 0 saturated heterocycles. The number of nitrogens with one attached hydrogen (secondary N) is 1. The van der Waals surface area contributed by atoms with Crippen LogP contribution in [0.2, 0.25) is 0 Å². The van der Waals surface area contributed by atoms with Crippen LogP contribution in [0.5, 0.6) is 5.75 Å². The highest BCUT2D eigenvalue weighted by atomic mass is 32.2. The van der Waals surface area contributed by atoms with Gasteiger partial charge in [-0.25, -0.2) is 8.42 Å². The van der Waals surface area contributed by atoms with Crippen LogP contribution < -0.4 is 5.32 Å². The lowest BCUT2D eigenvalue weighted by Crippen LogP contribution is -2.05. The van der Waals surface area contributed by atoms with E-state index >= 15 is 0 Å². The molecule has 1 heterocycles. The smallest absolute Gasteiger partial charge is 0.175 e. The molecule has 21 heavy (non-hydrogen) atoms. The molecule has 0 aliphatic heterocycles. The molecule has 6 heteroatoms. The minimum absolute atomic E-state index is 0.116. The fraction of sp³-hybridized carbons (Fsp3) is 0.267. The van der Waals surface area contributed by atoms with Gasteiger partial charge in [0.25, 0.3) is 0 Å². The Bertz CT molecular complexity index is 770. The maximum Gasteiger partial charge on any atom is 0.175 e. The number of sulfone groups is 1. The zero-order valence-corrected chi connectivity index (χ0v) is 13.0. The second-order valence-electron chi connectivity index (χ2n) is 5.02. The van der Waals surface area contributed by atoms with Crippen molar-refractivity contribution in [2.24, 2.45) is 0 Å². The molecule has 0 amide bonds. The van der Waals surface area contributed by atoms with Crippen molar-refractivity contribution in [2.45, 2.75) is 25.3 Å². The first-order chi connectivity index (χ1) is 9.77. The van der Waals surface area contributed by atoms with E-state index in [0.717, 1.165) is 11.3 Å². The van der Waals surface area contributed by atoms with Gasteiger partial charge in [0.1, 0.15) is 11.4 Å². The van der Waals surface area contributed by atoms with Crippen molar-refractivity contribution >= 4 is 15.5 Å². The molecule has 0 aliphatic rings. The number of benzene rings is 1. The Labute approximate surface area is 124 Å². The van der Waals surface area contributed by atoms with Crippen LogP contribution in [0.25, 0.3) is 0 Å². The van der Waals surface area contributed by atoms with Crippen LogP contribution in [0.4, 0.5) is 5.69 Å². The first-order valence-corrected chi connectivity index (χ1v) is 8.36. The van der Waals surface area contributed by atoms with Gasteiger partial charge >= 0.3 is 0 Å². The van der Waals surface area contributed by atoms with E-state index in [1.54, 1.807) is 30.3 Å². The van der Waals surface area contributed by atoms with E-state index in [0.29, 0.717) is 17.9 Å². The maximum atomic E-state index is 11.6. The quantitative estimate of drug-likeness (QED) is 0.907. The highest BCUT2D eigenvalue weighted by molar-refractivity contribution is 7.90. The fourth-order valence-corrected chi connectivity index (χ4v) is 2.58. The first-order valence-electron chi connectivity index (χ1n) is 6.47. The summed E-state index contributed by atoms with van der Waals surface area (Å²) in [5, 5.41) is 12.9. The van der Waals surface area contributed by atoms with Crippen molar-refractivity contribution in [3.63, 3.8) is 0 Å². The molecule has 2 rings (SSSR count). The summed E-state index contributed by atoms with van der Waals surface area (Å²) in [5.74, 6) is 0.116. The summed E-state index contributed by atoms with van der Waals surface area (Å²) in [6, 6.07) is 8.26. The molecule has 0 spiro atoms. The Morgan fingerprint density at radius 2 is 1.90 bits per heavy atom. The van der Waals surface area contributed by atoms with Crippen LogP contribution in [-0.2, 0) is 16.4 Å². The van der Waals surface area contributed by atoms with Crippen LogP contribution in [0, 0.1) is 13.8 Å². The van der Waals surface area contributed by atoms with Crippen molar-refractivity contribution in [3.05, 3.63) is 47.3 Å². The summed E-state index contributed by atoms with van der Waals surface area (Å²) in [7, 11) is -3.24. The number of aromatic nitrogens is 1. The summed E-state index contributed by atoms with van der Waals surface area (Å²) < 4.78 is 23.2. The topological polar surface area (TPSA) is 79.3 Å². The van der Waals surface area contributed by atoms with Crippen molar-refractivity contribution in [3.8, 4) is 5.75 Å². The molecular weight excluding hydrogens is 288 g/mol. The minimum atomic E-state index is -3.24. The molecule has 0 fully saturated rings. The van der Waals surface area contributed by atoms with Crippen molar-refractivity contribution in [2.75, 3.05) is 11.6 Å². The average Bonchev–Trinajstić information content (AvgIpc) is 2.40. The van der Waals surface area contributed by atoms with Crippen LogP contribution in [0.1, 0.15) is 17.0 Å². The number of aromatic hydroxyl groups is 1. The molecule has 0 saturated carbocycles. The van der Waals surface area contributed by atoms with Gasteiger partial charge in [-0.15, -0.1) is 0 Å². The third-order valence-corrected chi connectivity index (χ3v) is 4.28. The molecule has 0 atom stereocenters. The second kappa shape index (κ2) is 5.73. The third-order valence-electron chi connectivity index (χ3n) is 3.17. The van der Waals surface area contributed by atoms with E-state index in [1.807, 2.05) is 13.8 Å². The van der Waals surface area contributed by atoms with E-state index in [-0.39, 0.29) is 10.6 Å². The van der Waals surface area contributed by atoms with Crippen LogP contribution in [-0.4, -0.2) is 24.8 Å². The van der Waals surface area contributed by atoms with Gasteiger partial charge in [-0.1, -0.05) is 6.07 Å². The Morgan fingerprint density at radius 3 is 2.57 bits per heavy atom. The van der Waals surface area contributed by atoms with Crippen molar-refractivity contribution in [1.82, 2.24) is 4.98 Å². The largest absolute Gasteiger partial charge is 0.506 e. The monoisotopic (exact) mass is 306 g/mol. The third kappa shape index (κ3) is 3.72. The van der Waals surface area contributed by atoms with Gasteiger partial charge < -0.3 is 10.4 Å². The molecule has 5 nitrogen and oxygen atoms in total. The van der Waals surface area contributed by atoms with E-state index in [9.17, 15) is 13.5 Å². The van der Waals surface area contributed by atoms with E-state index < -0.39 is 9.84 Å². The highest BCUT2D eigenvalue weighted by Crippen LogP contribution is 2.22. The fourth-order valence-electron chi connectivity index (χ4n) is 1.93. The highest BCUT2D eigenvalue weighted by Gasteiger charge is 2.10. The number of aryl methyl sites for hydroxylation is 2. The molecular formula is C15H18N2O3S. The normalized spacial score (nSPS) is 11.4. The second-order valence-corrected chi connectivity index (χ2v) is 7.04. The molecule has 2 aromatic rings. The van der Waals surface area contributed by atoms with Crippen molar-refractivity contribution < 1.29 is 13.5 Å². The number of hydrogen-bond acceptors (Lipinski definition) is 5. The van der Waals surface area contributed by atoms with Gasteiger partial charge in [0.2, 0.25) is 0 Å². The molecule has 0 bridgehead atoms. The van der Waals surface area contributed by atoms with Crippen LogP contribution in [0.15, 0.2) is 35.2 Å². The number of rotatable bonds is 4. The maximum absolute atomic E-state index is 11.6. The Morgan fingerprint density at radius 1 is 1.19 bits per heavy atom.